The molecule has 2 aliphatic carbocycles. The average molecular weight is 328 g/mol. The molecule has 2 fully saturated rings. The van der Waals surface area contributed by atoms with Crippen molar-refractivity contribution in [1.82, 2.24) is 10.2 Å². The minimum atomic E-state index is -0.281. The van der Waals surface area contributed by atoms with Crippen molar-refractivity contribution < 1.29 is 9.90 Å². The second kappa shape index (κ2) is 6.16. The van der Waals surface area contributed by atoms with E-state index in [4.69, 9.17) is 0 Å². The zero-order valence-corrected chi connectivity index (χ0v) is 14.6. The lowest BCUT2D eigenvalue weighted by atomic mass is 9.81. The van der Waals surface area contributed by atoms with Crippen LogP contribution in [0.3, 0.4) is 0 Å². The van der Waals surface area contributed by atoms with Crippen LogP contribution in [0.15, 0.2) is 24.3 Å². The Balaban J connectivity index is 1.55. The van der Waals surface area contributed by atoms with Gasteiger partial charge in [-0.1, -0.05) is 31.2 Å². The number of aliphatic hydroxyl groups excluding tert-OH is 1. The van der Waals surface area contributed by atoms with Crippen molar-refractivity contribution in [3.8, 4) is 0 Å². The van der Waals surface area contributed by atoms with Crippen LogP contribution in [0.4, 0.5) is 0 Å². The predicted molar refractivity (Wildman–Crippen MR) is 93.6 cm³/mol. The molecule has 1 aromatic carbocycles. The summed E-state index contributed by atoms with van der Waals surface area (Å²) in [5.74, 6) is 1.14. The molecule has 0 bridgehead atoms. The maximum atomic E-state index is 12.6. The van der Waals surface area contributed by atoms with E-state index in [1.807, 2.05) is 0 Å². The smallest absolute Gasteiger partial charge is 0.223 e. The molecule has 1 saturated carbocycles. The summed E-state index contributed by atoms with van der Waals surface area (Å²) >= 11 is 0. The lowest BCUT2D eigenvalue weighted by Gasteiger charge is -2.32. The molecule has 4 rings (SSSR count). The fourth-order valence-electron chi connectivity index (χ4n) is 4.77. The van der Waals surface area contributed by atoms with Gasteiger partial charge >= 0.3 is 0 Å². The number of likely N-dealkylation sites (tertiary alicyclic amines) is 1. The van der Waals surface area contributed by atoms with Gasteiger partial charge in [0, 0.05) is 36.9 Å². The number of aliphatic hydroxyl groups is 1. The van der Waals surface area contributed by atoms with Gasteiger partial charge in [0.1, 0.15) is 0 Å². The topological polar surface area (TPSA) is 52.6 Å². The van der Waals surface area contributed by atoms with E-state index in [1.54, 1.807) is 0 Å². The van der Waals surface area contributed by atoms with Gasteiger partial charge in [0.05, 0.1) is 12.1 Å². The van der Waals surface area contributed by atoms with Gasteiger partial charge < -0.3 is 10.4 Å². The summed E-state index contributed by atoms with van der Waals surface area (Å²) in [6.07, 6.45) is 2.12. The first kappa shape index (κ1) is 16.1. The molecule has 1 heterocycles. The Morgan fingerprint density at radius 1 is 1.29 bits per heavy atom. The summed E-state index contributed by atoms with van der Waals surface area (Å²) in [4.78, 5) is 15.1. The number of carbonyl (C=O) groups excluding carboxylic acids is 1. The van der Waals surface area contributed by atoms with Gasteiger partial charge in [-0.05, 0) is 37.3 Å². The van der Waals surface area contributed by atoms with Crippen molar-refractivity contribution in [3.63, 3.8) is 0 Å². The van der Waals surface area contributed by atoms with Crippen LogP contribution < -0.4 is 5.32 Å². The average Bonchev–Trinajstić information content (AvgIpc) is 3.10. The number of benzene rings is 1. The molecule has 0 spiro atoms. The largest absolute Gasteiger partial charge is 0.393 e. The van der Waals surface area contributed by atoms with E-state index in [1.165, 1.54) is 11.1 Å². The van der Waals surface area contributed by atoms with Crippen molar-refractivity contribution in [2.45, 2.75) is 57.2 Å². The fourth-order valence-corrected chi connectivity index (χ4v) is 4.77. The molecular weight excluding hydrogens is 300 g/mol. The molecule has 4 heteroatoms. The Morgan fingerprint density at radius 2 is 2.00 bits per heavy atom. The number of fused-ring (bicyclic) bond motifs is 3. The third kappa shape index (κ3) is 2.56. The van der Waals surface area contributed by atoms with Gasteiger partial charge in [0.2, 0.25) is 5.91 Å². The summed E-state index contributed by atoms with van der Waals surface area (Å²) in [6, 6.07) is 9.35. The number of carbonyl (C=O) groups is 1. The van der Waals surface area contributed by atoms with Crippen LogP contribution in [-0.2, 0) is 4.79 Å². The molecule has 3 aliphatic rings. The number of hydrogen-bond donors (Lipinski definition) is 2. The van der Waals surface area contributed by atoms with Gasteiger partial charge in [-0.3, -0.25) is 9.69 Å². The lowest BCUT2D eigenvalue weighted by molar-refractivity contribution is -0.132. The van der Waals surface area contributed by atoms with Crippen LogP contribution in [0.5, 0.6) is 0 Å². The van der Waals surface area contributed by atoms with E-state index >= 15 is 0 Å². The maximum absolute atomic E-state index is 12.6. The second-order valence-electron chi connectivity index (χ2n) is 7.92. The zero-order chi connectivity index (χ0) is 16.8. The van der Waals surface area contributed by atoms with Gasteiger partial charge in [-0.2, -0.15) is 0 Å². The number of nitrogens with zero attached hydrogens (tertiary/aromatic N) is 1. The molecule has 4 nitrogen and oxygen atoms in total. The Bertz CT molecular complexity index is 626. The van der Waals surface area contributed by atoms with Crippen molar-refractivity contribution in [1.29, 1.82) is 0 Å². The van der Waals surface area contributed by atoms with E-state index in [-0.39, 0.29) is 24.0 Å². The minimum Gasteiger partial charge on any atom is -0.393 e. The summed E-state index contributed by atoms with van der Waals surface area (Å²) in [7, 11) is 0. The van der Waals surface area contributed by atoms with E-state index < -0.39 is 0 Å². The number of rotatable bonds is 4. The van der Waals surface area contributed by atoms with Crippen LogP contribution in [0.2, 0.25) is 0 Å². The van der Waals surface area contributed by atoms with Crippen LogP contribution >= 0.6 is 0 Å². The van der Waals surface area contributed by atoms with Crippen LogP contribution in [0, 0.1) is 11.8 Å². The van der Waals surface area contributed by atoms with E-state index in [2.05, 4.69) is 48.3 Å². The quantitative estimate of drug-likeness (QED) is 0.893. The molecule has 1 unspecified atom stereocenters. The zero-order valence-electron chi connectivity index (χ0n) is 14.6. The fraction of sp³-hybridized carbons (Fsp3) is 0.650. The van der Waals surface area contributed by atoms with Gasteiger partial charge in [-0.25, -0.2) is 0 Å². The first-order valence-electron chi connectivity index (χ1n) is 9.39. The molecule has 1 aromatic rings. The summed E-state index contributed by atoms with van der Waals surface area (Å²) in [5, 5.41) is 12.8. The monoisotopic (exact) mass is 328 g/mol. The molecule has 1 aliphatic heterocycles. The molecule has 130 valence electrons. The first-order valence-corrected chi connectivity index (χ1v) is 9.39. The van der Waals surface area contributed by atoms with E-state index in [9.17, 15) is 9.90 Å². The Kier molecular flexibility index (Phi) is 4.13. The van der Waals surface area contributed by atoms with Crippen LogP contribution in [0.1, 0.15) is 56.2 Å². The summed E-state index contributed by atoms with van der Waals surface area (Å²) in [5.41, 5.74) is 2.73. The van der Waals surface area contributed by atoms with E-state index in [0.29, 0.717) is 30.7 Å². The van der Waals surface area contributed by atoms with Crippen molar-refractivity contribution in [2.24, 2.45) is 11.8 Å². The third-order valence-corrected chi connectivity index (χ3v) is 6.55. The van der Waals surface area contributed by atoms with E-state index in [0.717, 1.165) is 19.5 Å². The Morgan fingerprint density at radius 3 is 2.67 bits per heavy atom. The van der Waals surface area contributed by atoms with Gasteiger partial charge in [0.15, 0.2) is 0 Å². The Hall–Kier alpha value is -1.39. The normalized spacial score (nSPS) is 35.9. The van der Waals surface area contributed by atoms with Crippen molar-refractivity contribution in [2.75, 3.05) is 13.1 Å². The molecule has 0 aromatic heterocycles. The molecule has 4 atom stereocenters. The number of nitrogens with one attached hydrogen (secondary N) is 1. The standard InChI is InChI=1S/C20H28N2O2/c1-3-12(2)22-10-17-15-6-4-5-7-16(15)19(18(17)11-22)21-20(24)13-8-14(23)9-13/h4-7,12-14,17-19,23H,3,8-11H2,1-2H3,(H,21,24)/t12?,13?,14?,17-,18-,19+/m0/s1. The van der Waals surface area contributed by atoms with Crippen molar-refractivity contribution >= 4 is 5.91 Å². The van der Waals surface area contributed by atoms with Crippen LogP contribution in [-0.4, -0.2) is 41.1 Å². The summed E-state index contributed by atoms with van der Waals surface area (Å²) < 4.78 is 0. The van der Waals surface area contributed by atoms with Crippen LogP contribution in [0.25, 0.3) is 0 Å². The minimum absolute atomic E-state index is 0.00159. The number of hydrogen-bond acceptors (Lipinski definition) is 3. The highest BCUT2D eigenvalue weighted by Gasteiger charge is 2.48. The highest BCUT2D eigenvalue weighted by molar-refractivity contribution is 5.80. The Labute approximate surface area is 144 Å². The summed E-state index contributed by atoms with van der Waals surface area (Å²) in [6.45, 7) is 6.71. The molecule has 1 saturated heterocycles. The molecule has 24 heavy (non-hydrogen) atoms. The molecule has 0 radical (unpaired) electrons. The molecule has 1 amide bonds. The second-order valence-corrected chi connectivity index (χ2v) is 7.92. The third-order valence-electron chi connectivity index (χ3n) is 6.55. The number of amides is 1. The lowest BCUT2D eigenvalue weighted by Crippen LogP contribution is -2.44. The van der Waals surface area contributed by atoms with Gasteiger partial charge in [-0.15, -0.1) is 0 Å². The van der Waals surface area contributed by atoms with Crippen molar-refractivity contribution in [3.05, 3.63) is 35.4 Å². The van der Waals surface area contributed by atoms with Gasteiger partial charge in [0.25, 0.3) is 0 Å². The molecule has 2 N–H and O–H groups in total. The molecular formula is C20H28N2O2. The predicted octanol–water partition coefficient (Wildman–Crippen LogP) is 2.44. The maximum Gasteiger partial charge on any atom is 0.223 e. The first-order chi connectivity index (χ1) is 11.6. The highest BCUT2D eigenvalue weighted by Crippen LogP contribution is 2.49. The SMILES string of the molecule is CCC(C)N1C[C@@H]2[C@H](NC(=O)C3CC(O)C3)c3ccccc3[C@@H]2C1. The highest BCUT2D eigenvalue weighted by atomic mass is 16.3.